The monoisotopic (exact) mass is 654 g/mol. The summed E-state index contributed by atoms with van der Waals surface area (Å²) in [6, 6.07) is 0. The quantitative estimate of drug-likeness (QED) is 0.0510. The first-order valence-corrected chi connectivity index (χ1v) is 16.4. The van der Waals surface area contributed by atoms with Gasteiger partial charge < -0.3 is 28.4 Å². The van der Waals surface area contributed by atoms with Crippen LogP contribution in [0.25, 0.3) is 0 Å². The van der Waals surface area contributed by atoms with E-state index in [4.69, 9.17) is 28.4 Å². The van der Waals surface area contributed by atoms with Crippen molar-refractivity contribution in [3.8, 4) is 0 Å². The van der Waals surface area contributed by atoms with Crippen LogP contribution in [0.4, 0.5) is 0 Å². The third-order valence-electron chi connectivity index (χ3n) is 6.81. The molecule has 3 unspecified atom stereocenters. The van der Waals surface area contributed by atoms with E-state index in [1.54, 1.807) is 6.92 Å². The fraction of sp³-hybridized carbons (Fsp3) is 0.706. The minimum Gasteiger partial charge on any atom is -0.465 e. The number of esters is 6. The minimum absolute atomic E-state index is 0.114. The summed E-state index contributed by atoms with van der Waals surface area (Å²) in [4.78, 5) is 76.1. The fourth-order valence-corrected chi connectivity index (χ4v) is 3.67. The molecule has 0 radical (unpaired) electrons. The largest absolute Gasteiger partial charge is 0.465 e. The van der Waals surface area contributed by atoms with Crippen LogP contribution in [0.3, 0.4) is 0 Å². The molecule has 3 atom stereocenters. The number of hydrogen-bond acceptors (Lipinski definition) is 12. The van der Waals surface area contributed by atoms with E-state index in [1.807, 2.05) is 27.7 Å². The van der Waals surface area contributed by atoms with Gasteiger partial charge in [-0.15, -0.1) is 0 Å². The molecule has 0 bridgehead atoms. The highest BCUT2D eigenvalue weighted by Gasteiger charge is 2.34. The van der Waals surface area contributed by atoms with Crippen molar-refractivity contribution in [3.05, 3.63) is 24.3 Å². The van der Waals surface area contributed by atoms with Crippen molar-refractivity contribution in [1.29, 1.82) is 0 Å². The number of carbonyl (C=O) groups is 6. The zero-order chi connectivity index (χ0) is 34.9. The number of unbranched alkanes of at least 4 members (excludes halogenated alkanes) is 4. The Balaban J connectivity index is 5.42. The van der Waals surface area contributed by atoms with E-state index >= 15 is 0 Å². The summed E-state index contributed by atoms with van der Waals surface area (Å²) < 4.78 is 31.5. The second-order valence-corrected chi connectivity index (χ2v) is 10.8. The summed E-state index contributed by atoms with van der Waals surface area (Å²) >= 11 is 0. The van der Waals surface area contributed by atoms with Crippen molar-refractivity contribution in [2.45, 2.75) is 111 Å². The highest BCUT2D eigenvalue weighted by atomic mass is 16.6. The molecule has 0 aliphatic rings. The molecule has 0 amide bonds. The van der Waals surface area contributed by atoms with Gasteiger partial charge in [0.15, 0.2) is 0 Å². The van der Waals surface area contributed by atoms with Gasteiger partial charge in [0.05, 0.1) is 51.1 Å². The van der Waals surface area contributed by atoms with Gasteiger partial charge in [0.2, 0.25) is 0 Å². The van der Waals surface area contributed by atoms with Crippen LogP contribution in [0.2, 0.25) is 0 Å². The second kappa shape index (κ2) is 25.5. The predicted molar refractivity (Wildman–Crippen MR) is 169 cm³/mol. The molecule has 262 valence electrons. The Kier molecular flexibility index (Phi) is 23.4. The highest BCUT2D eigenvalue weighted by molar-refractivity contribution is 5.97. The Morgan fingerprint density at radius 3 is 1.26 bits per heavy atom. The van der Waals surface area contributed by atoms with Gasteiger partial charge in [0, 0.05) is 11.1 Å². The zero-order valence-electron chi connectivity index (χ0n) is 28.4. The van der Waals surface area contributed by atoms with E-state index in [0.717, 1.165) is 25.7 Å². The first kappa shape index (κ1) is 42.3. The molecule has 46 heavy (non-hydrogen) atoms. The minimum atomic E-state index is -1.32. The maximum absolute atomic E-state index is 12.9. The van der Waals surface area contributed by atoms with Crippen LogP contribution in [0, 0.1) is 11.8 Å². The first-order chi connectivity index (χ1) is 22.0. The molecule has 0 rings (SSSR count). The van der Waals surface area contributed by atoms with Gasteiger partial charge in [-0.3, -0.25) is 19.2 Å². The van der Waals surface area contributed by atoms with Gasteiger partial charge in [0.1, 0.15) is 12.7 Å². The summed E-state index contributed by atoms with van der Waals surface area (Å²) in [5.74, 6) is -7.54. The Labute approximate surface area is 273 Å². The molecule has 0 spiro atoms. The standard InChI is InChI=1S/C34H54O12/c1-8-13-17-41-31(37)24(6)27(33(39)43-19-15-10-3)21-29(35)45-23-26(12-5)46-30(36)22-28(34(40)44-20-16-11-4)25(7)32(38)42-18-14-9-2/h26-28H,6-23H2,1-5H3. The van der Waals surface area contributed by atoms with Crippen molar-refractivity contribution >= 4 is 35.8 Å². The van der Waals surface area contributed by atoms with Crippen molar-refractivity contribution in [2.75, 3.05) is 33.0 Å². The van der Waals surface area contributed by atoms with Gasteiger partial charge in [0.25, 0.3) is 0 Å². The summed E-state index contributed by atoms with van der Waals surface area (Å²) in [5, 5.41) is 0. The smallest absolute Gasteiger partial charge is 0.334 e. The second-order valence-electron chi connectivity index (χ2n) is 10.8. The molecule has 0 aromatic rings. The van der Waals surface area contributed by atoms with E-state index in [-0.39, 0.29) is 50.6 Å². The van der Waals surface area contributed by atoms with Gasteiger partial charge in [-0.2, -0.15) is 0 Å². The number of hydrogen-bond donors (Lipinski definition) is 0. The molecule has 0 aromatic carbocycles. The molecule has 0 fully saturated rings. The van der Waals surface area contributed by atoms with Crippen molar-refractivity contribution in [2.24, 2.45) is 11.8 Å². The van der Waals surface area contributed by atoms with E-state index in [1.165, 1.54) is 0 Å². The summed E-state index contributed by atoms with van der Waals surface area (Å²) in [6.07, 6.45) is 3.84. The number of rotatable bonds is 26. The summed E-state index contributed by atoms with van der Waals surface area (Å²) in [5.41, 5.74) is -0.447. The maximum atomic E-state index is 12.9. The van der Waals surface area contributed by atoms with Crippen LogP contribution in [0.1, 0.15) is 105 Å². The van der Waals surface area contributed by atoms with Crippen molar-refractivity contribution < 1.29 is 57.2 Å². The van der Waals surface area contributed by atoms with Gasteiger partial charge >= 0.3 is 35.8 Å². The highest BCUT2D eigenvalue weighted by Crippen LogP contribution is 2.21. The van der Waals surface area contributed by atoms with E-state index in [2.05, 4.69) is 13.2 Å². The molecule has 0 N–H and O–H groups in total. The van der Waals surface area contributed by atoms with Crippen molar-refractivity contribution in [3.63, 3.8) is 0 Å². The SMILES string of the molecule is C=C(C(=O)OCCCC)C(CC(=O)OCC(CC)OC(=O)CC(C(=C)C(=O)OCCCC)C(=O)OCCCC)C(=O)OCCCC. The lowest BCUT2D eigenvalue weighted by Gasteiger charge is -2.21. The fourth-order valence-electron chi connectivity index (χ4n) is 3.67. The molecule has 0 aliphatic heterocycles. The lowest BCUT2D eigenvalue weighted by molar-refractivity contribution is -0.164. The Morgan fingerprint density at radius 2 is 0.891 bits per heavy atom. The lowest BCUT2D eigenvalue weighted by atomic mass is 9.96. The number of carbonyl (C=O) groups excluding carboxylic acids is 6. The van der Waals surface area contributed by atoms with Crippen LogP contribution in [-0.4, -0.2) is 75.0 Å². The maximum Gasteiger partial charge on any atom is 0.334 e. The molecule has 0 saturated carbocycles. The Bertz CT molecular complexity index is 1000. The molecular formula is C34H54O12. The van der Waals surface area contributed by atoms with Gasteiger partial charge in [-0.25, -0.2) is 9.59 Å². The molecule has 0 aromatic heterocycles. The molecule has 0 heterocycles. The molecule has 12 heteroatoms. The average molecular weight is 655 g/mol. The molecule has 0 saturated heterocycles. The zero-order valence-corrected chi connectivity index (χ0v) is 28.4. The lowest BCUT2D eigenvalue weighted by Crippen LogP contribution is -2.31. The van der Waals surface area contributed by atoms with Gasteiger partial charge in [-0.1, -0.05) is 73.5 Å². The number of ether oxygens (including phenoxy) is 6. The van der Waals surface area contributed by atoms with Gasteiger partial charge in [-0.05, 0) is 32.1 Å². The van der Waals surface area contributed by atoms with Crippen LogP contribution in [0.5, 0.6) is 0 Å². The van der Waals surface area contributed by atoms with Crippen molar-refractivity contribution in [1.82, 2.24) is 0 Å². The summed E-state index contributed by atoms with van der Waals surface area (Å²) in [7, 11) is 0. The Morgan fingerprint density at radius 1 is 0.522 bits per heavy atom. The normalized spacial score (nSPS) is 12.5. The average Bonchev–Trinajstić information content (AvgIpc) is 3.03. The molecular weight excluding hydrogens is 600 g/mol. The van der Waals surface area contributed by atoms with Crippen LogP contribution in [-0.2, 0) is 57.2 Å². The predicted octanol–water partition coefficient (Wildman–Crippen LogP) is 5.35. The summed E-state index contributed by atoms with van der Waals surface area (Å²) in [6.45, 7) is 16.9. The van der Waals surface area contributed by atoms with E-state index in [9.17, 15) is 28.8 Å². The first-order valence-electron chi connectivity index (χ1n) is 16.4. The molecule has 12 nitrogen and oxygen atoms in total. The van der Waals surface area contributed by atoms with Crippen LogP contribution < -0.4 is 0 Å². The van der Waals surface area contributed by atoms with Crippen LogP contribution in [0.15, 0.2) is 24.3 Å². The third-order valence-corrected chi connectivity index (χ3v) is 6.81. The topological polar surface area (TPSA) is 158 Å². The van der Waals surface area contributed by atoms with E-state index in [0.29, 0.717) is 25.7 Å². The third kappa shape index (κ3) is 17.7. The van der Waals surface area contributed by atoms with Crippen LogP contribution >= 0.6 is 0 Å². The van der Waals surface area contributed by atoms with E-state index < -0.39 is 66.6 Å². The molecule has 0 aliphatic carbocycles. The Hall–Kier alpha value is -3.70.